The minimum absolute atomic E-state index is 0.0126. The van der Waals surface area contributed by atoms with Crippen molar-refractivity contribution in [3.05, 3.63) is 11.4 Å². The fourth-order valence-electron chi connectivity index (χ4n) is 2.41. The molecule has 0 saturated carbocycles. The van der Waals surface area contributed by atoms with Gasteiger partial charge in [-0.05, 0) is 24.5 Å². The molecule has 10 heteroatoms. The third-order valence-corrected chi connectivity index (χ3v) is 4.04. The van der Waals surface area contributed by atoms with Gasteiger partial charge in [0.15, 0.2) is 0 Å². The van der Waals surface area contributed by atoms with E-state index in [4.69, 9.17) is 4.52 Å². The molecule has 2 aromatic rings. The van der Waals surface area contributed by atoms with Gasteiger partial charge in [-0.15, -0.1) is 10.2 Å². The molecule has 1 fully saturated rings. The zero-order valence-corrected chi connectivity index (χ0v) is 13.2. The van der Waals surface area contributed by atoms with Crippen molar-refractivity contribution in [2.75, 3.05) is 37.4 Å². The number of carbonyl (C=O) groups is 1. The first-order valence-corrected chi connectivity index (χ1v) is 7.82. The molecule has 1 atom stereocenters. The minimum Gasteiger partial charge on any atom is -0.344 e. The highest BCUT2D eigenvalue weighted by atomic mass is 32.1. The van der Waals surface area contributed by atoms with E-state index < -0.39 is 0 Å². The first kappa shape index (κ1) is 14.9. The number of amides is 1. The van der Waals surface area contributed by atoms with E-state index in [1.807, 2.05) is 19.0 Å². The number of nitrogens with one attached hydrogen (secondary N) is 1. The van der Waals surface area contributed by atoms with Crippen molar-refractivity contribution in [1.29, 1.82) is 0 Å². The third kappa shape index (κ3) is 3.22. The van der Waals surface area contributed by atoms with Crippen molar-refractivity contribution in [2.45, 2.75) is 18.9 Å². The fraction of sp³-hybridized carbons (Fsp3) is 0.583. The molecule has 0 bridgehead atoms. The lowest BCUT2D eigenvalue weighted by Crippen LogP contribution is -2.33. The molecule has 0 unspecified atom stereocenters. The van der Waals surface area contributed by atoms with Crippen LogP contribution in [0.5, 0.6) is 0 Å². The largest absolute Gasteiger partial charge is 0.344 e. The van der Waals surface area contributed by atoms with Gasteiger partial charge < -0.3 is 9.42 Å². The highest BCUT2D eigenvalue weighted by Gasteiger charge is 2.32. The molecule has 118 valence electrons. The molecule has 0 radical (unpaired) electrons. The Bertz CT molecular complexity index is 627. The Morgan fingerprint density at radius 1 is 1.59 bits per heavy atom. The molecule has 1 saturated heterocycles. The van der Waals surface area contributed by atoms with Crippen LogP contribution in [-0.2, 0) is 4.79 Å². The normalized spacial score (nSPS) is 18.5. The zero-order chi connectivity index (χ0) is 15.5. The first-order chi connectivity index (χ1) is 10.6. The highest BCUT2D eigenvalue weighted by molar-refractivity contribution is 7.13. The summed E-state index contributed by atoms with van der Waals surface area (Å²) < 4.78 is 5.33. The lowest BCUT2D eigenvalue weighted by Gasteiger charge is -2.20. The first-order valence-electron chi connectivity index (χ1n) is 6.94. The molecule has 1 N–H and O–H groups in total. The maximum Gasteiger partial charge on any atom is 0.265 e. The molecule has 1 amide bonds. The molecule has 9 nitrogen and oxygen atoms in total. The number of rotatable bonds is 5. The van der Waals surface area contributed by atoms with E-state index in [-0.39, 0.29) is 18.5 Å². The number of anilines is 2. The van der Waals surface area contributed by atoms with Crippen LogP contribution in [0.2, 0.25) is 0 Å². The second kappa shape index (κ2) is 6.36. The standard InChI is InChI=1S/C12H17N7O2S/c1-18(2)11-15-10(21-17-11)8-4-3-5-19(8)6-9(20)14-12-16-13-7-22-12/h7-8H,3-6H2,1-2H3,(H,14,16,20)/t8-/m0/s1. The van der Waals surface area contributed by atoms with Crippen molar-refractivity contribution in [2.24, 2.45) is 0 Å². The van der Waals surface area contributed by atoms with Gasteiger partial charge in [0.05, 0.1) is 12.6 Å². The molecular formula is C12H17N7O2S. The fourth-order valence-corrected chi connectivity index (χ4v) is 2.87. The smallest absolute Gasteiger partial charge is 0.265 e. The van der Waals surface area contributed by atoms with Crippen LogP contribution in [0.4, 0.5) is 11.1 Å². The van der Waals surface area contributed by atoms with Crippen LogP contribution in [0, 0.1) is 0 Å². The summed E-state index contributed by atoms with van der Waals surface area (Å²) in [6.45, 7) is 1.10. The van der Waals surface area contributed by atoms with E-state index in [1.165, 1.54) is 11.3 Å². The highest BCUT2D eigenvalue weighted by Crippen LogP contribution is 2.31. The minimum atomic E-state index is -0.115. The Morgan fingerprint density at radius 3 is 3.14 bits per heavy atom. The summed E-state index contributed by atoms with van der Waals surface area (Å²) in [5.41, 5.74) is 1.58. The van der Waals surface area contributed by atoms with Gasteiger partial charge in [0.1, 0.15) is 5.51 Å². The van der Waals surface area contributed by atoms with Crippen molar-refractivity contribution >= 4 is 28.3 Å². The Hall–Kier alpha value is -2.07. The molecule has 22 heavy (non-hydrogen) atoms. The van der Waals surface area contributed by atoms with Gasteiger partial charge in [-0.25, -0.2) is 0 Å². The van der Waals surface area contributed by atoms with E-state index in [0.29, 0.717) is 17.0 Å². The summed E-state index contributed by atoms with van der Waals surface area (Å²) in [4.78, 5) is 20.3. The Kier molecular flexibility index (Phi) is 4.29. The maximum absolute atomic E-state index is 12.1. The van der Waals surface area contributed by atoms with E-state index in [0.717, 1.165) is 19.4 Å². The molecule has 0 aliphatic carbocycles. The quantitative estimate of drug-likeness (QED) is 0.861. The second-order valence-electron chi connectivity index (χ2n) is 5.25. The van der Waals surface area contributed by atoms with E-state index in [9.17, 15) is 4.79 Å². The number of aromatic nitrogens is 4. The molecule has 0 aromatic carbocycles. The predicted molar refractivity (Wildman–Crippen MR) is 80.7 cm³/mol. The third-order valence-electron chi connectivity index (χ3n) is 3.43. The van der Waals surface area contributed by atoms with Gasteiger partial charge in [-0.1, -0.05) is 11.3 Å². The van der Waals surface area contributed by atoms with Gasteiger partial charge in [0.2, 0.25) is 16.9 Å². The van der Waals surface area contributed by atoms with Gasteiger partial charge in [-0.3, -0.25) is 15.0 Å². The van der Waals surface area contributed by atoms with Crippen LogP contribution < -0.4 is 10.2 Å². The molecular weight excluding hydrogens is 306 g/mol. The van der Waals surface area contributed by atoms with Crippen molar-refractivity contribution in [1.82, 2.24) is 25.2 Å². The van der Waals surface area contributed by atoms with Crippen LogP contribution in [0.25, 0.3) is 0 Å². The van der Waals surface area contributed by atoms with Crippen LogP contribution in [-0.4, -0.2) is 58.3 Å². The Labute approximate surface area is 131 Å². The number of nitrogens with zero attached hydrogens (tertiary/aromatic N) is 6. The lowest BCUT2D eigenvalue weighted by molar-refractivity contribution is -0.117. The van der Waals surface area contributed by atoms with Gasteiger partial charge >= 0.3 is 0 Å². The SMILES string of the molecule is CN(C)c1noc([C@@H]2CCCN2CC(=O)Nc2nncs2)n1. The average molecular weight is 323 g/mol. The molecule has 3 heterocycles. The average Bonchev–Trinajstić information content (AvgIpc) is 3.18. The summed E-state index contributed by atoms with van der Waals surface area (Å²) in [5.74, 6) is 0.987. The van der Waals surface area contributed by atoms with Crippen molar-refractivity contribution in [3.8, 4) is 0 Å². The number of hydrogen-bond donors (Lipinski definition) is 1. The molecule has 1 aliphatic rings. The summed E-state index contributed by atoms with van der Waals surface area (Å²) in [6, 6.07) is -0.0126. The van der Waals surface area contributed by atoms with E-state index >= 15 is 0 Å². The summed E-state index contributed by atoms with van der Waals surface area (Å²) in [6.07, 6.45) is 1.90. The van der Waals surface area contributed by atoms with Crippen LogP contribution in [0.3, 0.4) is 0 Å². The maximum atomic E-state index is 12.1. The number of hydrogen-bond acceptors (Lipinski definition) is 9. The van der Waals surface area contributed by atoms with Crippen molar-refractivity contribution in [3.63, 3.8) is 0 Å². The number of likely N-dealkylation sites (tertiary alicyclic amines) is 1. The molecule has 1 aliphatic heterocycles. The molecule has 2 aromatic heterocycles. The van der Waals surface area contributed by atoms with E-state index in [1.54, 1.807) is 10.4 Å². The predicted octanol–water partition coefficient (Wildman–Crippen LogP) is 0.763. The number of carbonyl (C=O) groups excluding carboxylic acids is 1. The molecule has 0 spiro atoms. The summed E-state index contributed by atoms with van der Waals surface area (Å²) in [7, 11) is 3.72. The monoisotopic (exact) mass is 323 g/mol. The van der Waals surface area contributed by atoms with Crippen molar-refractivity contribution < 1.29 is 9.32 Å². The summed E-state index contributed by atoms with van der Waals surface area (Å²) in [5, 5.41) is 14.7. The zero-order valence-electron chi connectivity index (χ0n) is 12.4. The second-order valence-corrected chi connectivity index (χ2v) is 6.08. The van der Waals surface area contributed by atoms with Crippen LogP contribution in [0.1, 0.15) is 24.8 Å². The summed E-state index contributed by atoms with van der Waals surface area (Å²) >= 11 is 1.29. The lowest BCUT2D eigenvalue weighted by atomic mass is 10.2. The molecule has 3 rings (SSSR count). The Morgan fingerprint density at radius 2 is 2.45 bits per heavy atom. The topological polar surface area (TPSA) is 100 Å². The van der Waals surface area contributed by atoms with Gasteiger partial charge in [0, 0.05) is 14.1 Å². The Balaban J connectivity index is 1.63. The van der Waals surface area contributed by atoms with E-state index in [2.05, 4.69) is 25.7 Å². The van der Waals surface area contributed by atoms with Gasteiger partial charge in [0.25, 0.3) is 5.95 Å². The van der Waals surface area contributed by atoms with Crippen LogP contribution >= 0.6 is 11.3 Å². The van der Waals surface area contributed by atoms with Gasteiger partial charge in [-0.2, -0.15) is 4.98 Å². The van der Waals surface area contributed by atoms with Crippen LogP contribution in [0.15, 0.2) is 10.0 Å².